The molecule has 1 amide bonds. The van der Waals surface area contributed by atoms with Crippen molar-refractivity contribution in [3.05, 3.63) is 62.4 Å². The van der Waals surface area contributed by atoms with Crippen molar-refractivity contribution in [3.63, 3.8) is 0 Å². The number of nitrogens with zero attached hydrogens (tertiary/aromatic N) is 2. The molecule has 0 aliphatic rings. The second-order valence-corrected chi connectivity index (χ2v) is 7.32. The van der Waals surface area contributed by atoms with E-state index in [1.165, 1.54) is 21.3 Å². The number of hydrogen-bond acceptors (Lipinski definition) is 2. The van der Waals surface area contributed by atoms with Crippen LogP contribution in [0.1, 0.15) is 28.4 Å². The first-order chi connectivity index (χ1) is 11.0. The van der Waals surface area contributed by atoms with Crippen LogP contribution >= 0.6 is 27.3 Å². The number of halogens is 1. The molecule has 0 atom stereocenters. The third-order valence-corrected chi connectivity index (χ3v) is 5.57. The SMILES string of the molecule is CCn1c(=NC(=O)c2ccc(Br)cc2)sc2c(C)ccc(C)c21. The number of aromatic nitrogens is 1. The Balaban J connectivity index is 2.19. The first-order valence-corrected chi connectivity index (χ1v) is 9.06. The van der Waals surface area contributed by atoms with Gasteiger partial charge in [-0.25, -0.2) is 0 Å². The highest BCUT2D eigenvalue weighted by molar-refractivity contribution is 9.10. The summed E-state index contributed by atoms with van der Waals surface area (Å²) in [6.45, 7) is 7.06. The molecule has 23 heavy (non-hydrogen) atoms. The molecule has 0 aliphatic heterocycles. The van der Waals surface area contributed by atoms with Crippen molar-refractivity contribution in [2.75, 3.05) is 0 Å². The fraction of sp³-hybridized carbons (Fsp3) is 0.222. The molecule has 3 aromatic rings. The summed E-state index contributed by atoms with van der Waals surface area (Å²) in [5, 5.41) is 0. The van der Waals surface area contributed by atoms with Gasteiger partial charge in [0.1, 0.15) is 0 Å². The third-order valence-electron chi connectivity index (χ3n) is 3.83. The Kier molecular flexibility index (Phi) is 4.50. The van der Waals surface area contributed by atoms with Crippen molar-refractivity contribution in [2.45, 2.75) is 27.3 Å². The summed E-state index contributed by atoms with van der Waals surface area (Å²) in [6, 6.07) is 11.5. The van der Waals surface area contributed by atoms with Crippen LogP contribution in [0.4, 0.5) is 0 Å². The number of aryl methyl sites for hydroxylation is 3. The molecule has 0 fully saturated rings. The van der Waals surface area contributed by atoms with Crippen LogP contribution in [-0.4, -0.2) is 10.5 Å². The molecule has 0 saturated carbocycles. The van der Waals surface area contributed by atoms with Gasteiger partial charge in [-0.1, -0.05) is 39.4 Å². The highest BCUT2D eigenvalue weighted by Crippen LogP contribution is 2.24. The minimum Gasteiger partial charge on any atom is -0.316 e. The van der Waals surface area contributed by atoms with Gasteiger partial charge in [-0.15, -0.1) is 0 Å². The average molecular weight is 389 g/mol. The third kappa shape index (κ3) is 3.03. The molecule has 0 bridgehead atoms. The molecule has 3 nitrogen and oxygen atoms in total. The lowest BCUT2D eigenvalue weighted by Crippen LogP contribution is -2.16. The number of fused-ring (bicyclic) bond motifs is 1. The molecule has 2 aromatic carbocycles. The number of amides is 1. The van der Waals surface area contributed by atoms with E-state index in [1.54, 1.807) is 23.5 Å². The number of benzene rings is 2. The highest BCUT2D eigenvalue weighted by Gasteiger charge is 2.11. The van der Waals surface area contributed by atoms with Gasteiger partial charge in [0, 0.05) is 16.6 Å². The monoisotopic (exact) mass is 388 g/mol. The Bertz CT molecular complexity index is 952. The lowest BCUT2D eigenvalue weighted by Gasteiger charge is -2.04. The van der Waals surface area contributed by atoms with Crippen LogP contribution < -0.4 is 4.80 Å². The van der Waals surface area contributed by atoms with Gasteiger partial charge in [-0.05, 0) is 56.2 Å². The summed E-state index contributed by atoms with van der Waals surface area (Å²) in [4.78, 5) is 17.6. The minimum absolute atomic E-state index is 0.207. The summed E-state index contributed by atoms with van der Waals surface area (Å²) < 4.78 is 4.28. The second-order valence-electron chi connectivity index (χ2n) is 5.43. The summed E-state index contributed by atoms with van der Waals surface area (Å²) in [7, 11) is 0. The molecule has 0 spiro atoms. The largest absolute Gasteiger partial charge is 0.316 e. The standard InChI is InChI=1S/C18H17BrN2OS/c1-4-21-15-11(2)5-6-12(3)16(15)23-18(21)20-17(22)13-7-9-14(19)10-8-13/h5-10H,4H2,1-3H3. The Morgan fingerprint density at radius 1 is 1.13 bits per heavy atom. The van der Waals surface area contributed by atoms with E-state index in [1.807, 2.05) is 12.1 Å². The Morgan fingerprint density at radius 2 is 1.78 bits per heavy atom. The van der Waals surface area contributed by atoms with Gasteiger partial charge in [0.05, 0.1) is 10.2 Å². The van der Waals surface area contributed by atoms with Crippen molar-refractivity contribution in [1.82, 2.24) is 4.57 Å². The Hall–Kier alpha value is -1.72. The smallest absolute Gasteiger partial charge is 0.279 e. The van der Waals surface area contributed by atoms with E-state index in [-0.39, 0.29) is 5.91 Å². The van der Waals surface area contributed by atoms with Crippen LogP contribution in [-0.2, 0) is 6.54 Å². The molecule has 0 radical (unpaired) electrons. The van der Waals surface area contributed by atoms with Gasteiger partial charge in [0.15, 0.2) is 4.80 Å². The highest BCUT2D eigenvalue weighted by atomic mass is 79.9. The zero-order valence-corrected chi connectivity index (χ0v) is 15.7. The molecule has 1 aromatic heterocycles. The van der Waals surface area contributed by atoms with E-state index in [0.717, 1.165) is 15.8 Å². The number of hydrogen-bond donors (Lipinski definition) is 0. The van der Waals surface area contributed by atoms with E-state index in [0.29, 0.717) is 5.56 Å². The molecular formula is C18H17BrN2OS. The molecule has 5 heteroatoms. The van der Waals surface area contributed by atoms with Crippen LogP contribution in [0.15, 0.2) is 45.9 Å². The molecule has 0 unspecified atom stereocenters. The maximum Gasteiger partial charge on any atom is 0.279 e. The number of rotatable bonds is 2. The zero-order valence-electron chi connectivity index (χ0n) is 13.3. The van der Waals surface area contributed by atoms with Crippen molar-refractivity contribution < 1.29 is 4.79 Å². The van der Waals surface area contributed by atoms with Gasteiger partial charge in [-0.3, -0.25) is 4.79 Å². The van der Waals surface area contributed by atoms with Crippen LogP contribution in [0.3, 0.4) is 0 Å². The molecule has 0 saturated heterocycles. The lowest BCUT2D eigenvalue weighted by atomic mass is 10.1. The summed E-state index contributed by atoms with van der Waals surface area (Å²) in [5.74, 6) is -0.207. The number of carbonyl (C=O) groups is 1. The van der Waals surface area contributed by atoms with Gasteiger partial charge in [-0.2, -0.15) is 4.99 Å². The number of carbonyl (C=O) groups excluding carboxylic acids is 1. The predicted octanol–water partition coefficient (Wildman–Crippen LogP) is 4.84. The maximum absolute atomic E-state index is 12.5. The molecular weight excluding hydrogens is 372 g/mol. The van der Waals surface area contributed by atoms with Gasteiger partial charge in [0.25, 0.3) is 5.91 Å². The van der Waals surface area contributed by atoms with Gasteiger partial charge in [0.2, 0.25) is 0 Å². The van der Waals surface area contributed by atoms with Crippen LogP contribution in [0.25, 0.3) is 10.2 Å². The summed E-state index contributed by atoms with van der Waals surface area (Å²) >= 11 is 4.96. The van der Waals surface area contributed by atoms with E-state index in [9.17, 15) is 4.79 Å². The Labute approximate surface area is 147 Å². The maximum atomic E-state index is 12.5. The van der Waals surface area contributed by atoms with E-state index < -0.39 is 0 Å². The Morgan fingerprint density at radius 3 is 2.43 bits per heavy atom. The van der Waals surface area contributed by atoms with E-state index in [4.69, 9.17) is 0 Å². The van der Waals surface area contributed by atoms with Crippen LogP contribution in [0.2, 0.25) is 0 Å². The zero-order chi connectivity index (χ0) is 16.6. The summed E-state index contributed by atoms with van der Waals surface area (Å²) in [6.07, 6.45) is 0. The molecule has 0 aliphatic carbocycles. The number of thiazole rings is 1. The van der Waals surface area contributed by atoms with Crippen molar-refractivity contribution in [1.29, 1.82) is 0 Å². The van der Waals surface area contributed by atoms with Crippen molar-refractivity contribution in [3.8, 4) is 0 Å². The van der Waals surface area contributed by atoms with E-state index in [2.05, 4.69) is 58.4 Å². The first-order valence-electron chi connectivity index (χ1n) is 7.45. The topological polar surface area (TPSA) is 34.4 Å². The lowest BCUT2D eigenvalue weighted by molar-refractivity contribution is 0.0998. The fourth-order valence-electron chi connectivity index (χ4n) is 2.60. The van der Waals surface area contributed by atoms with Crippen LogP contribution in [0.5, 0.6) is 0 Å². The predicted molar refractivity (Wildman–Crippen MR) is 99.0 cm³/mol. The average Bonchev–Trinajstić information content (AvgIpc) is 2.91. The van der Waals surface area contributed by atoms with Gasteiger partial charge >= 0.3 is 0 Å². The van der Waals surface area contributed by atoms with Crippen LogP contribution in [0, 0.1) is 13.8 Å². The van der Waals surface area contributed by atoms with Crippen molar-refractivity contribution >= 4 is 43.4 Å². The fourth-order valence-corrected chi connectivity index (χ4v) is 4.10. The quantitative estimate of drug-likeness (QED) is 0.617. The minimum atomic E-state index is -0.207. The molecule has 0 N–H and O–H groups in total. The molecule has 118 valence electrons. The second kappa shape index (κ2) is 6.42. The van der Waals surface area contributed by atoms with E-state index >= 15 is 0 Å². The normalized spacial score (nSPS) is 12.1. The van der Waals surface area contributed by atoms with Crippen molar-refractivity contribution in [2.24, 2.45) is 4.99 Å². The molecule has 1 heterocycles. The molecule has 3 rings (SSSR count). The first kappa shape index (κ1) is 16.1. The van der Waals surface area contributed by atoms with Gasteiger partial charge < -0.3 is 4.57 Å². The summed E-state index contributed by atoms with van der Waals surface area (Å²) in [5.41, 5.74) is 4.21.